The first-order valence-electron chi connectivity index (χ1n) is 31.6. The molecule has 426 valence electrons. The largest absolute Gasteiger partial charge is 0.309 e. The Labute approximate surface area is 522 Å². The van der Waals surface area contributed by atoms with Gasteiger partial charge < -0.3 is 13.7 Å². The van der Waals surface area contributed by atoms with Gasteiger partial charge in [-0.15, -0.1) is 0 Å². The van der Waals surface area contributed by atoms with Crippen LogP contribution in [0.3, 0.4) is 0 Å². The SMILES string of the molecule is CC1(C)c2ccccc2-c2cc3c(cc21)c1ccccc1n3-c1cccc(-c2nc(-c3cccc(-n4c5ccccc5c5cc6c(cc54)C(C)(C)c4ccccc4-6)c3)cc(-c3cccc(-n4c5ccccc5c5cc6c(cc54)C(C)(C)c4ccccc4-6)c3)n2)c1. The molecular weight excluding hydrogens is 1090 g/mol. The predicted octanol–water partition coefficient (Wildman–Crippen LogP) is 21.7. The molecule has 4 aromatic heterocycles. The molecule has 0 unspecified atom stereocenters. The molecule has 0 aliphatic heterocycles. The first-order chi connectivity index (χ1) is 43.9. The van der Waals surface area contributed by atoms with Crippen molar-refractivity contribution in [2.24, 2.45) is 0 Å². The molecule has 0 bridgehead atoms. The van der Waals surface area contributed by atoms with Crippen molar-refractivity contribution in [3.8, 4) is 84.3 Å². The van der Waals surface area contributed by atoms with E-state index in [0.29, 0.717) is 5.82 Å². The molecule has 0 N–H and O–H groups in total. The summed E-state index contributed by atoms with van der Waals surface area (Å²) in [6.07, 6.45) is 0. The van der Waals surface area contributed by atoms with Crippen LogP contribution in [0.15, 0.2) is 261 Å². The topological polar surface area (TPSA) is 40.6 Å². The molecule has 0 radical (unpaired) electrons. The second-order valence-corrected chi connectivity index (χ2v) is 26.9. The Morgan fingerprint density at radius 1 is 0.233 bits per heavy atom. The fourth-order valence-electron chi connectivity index (χ4n) is 16.6. The van der Waals surface area contributed by atoms with Gasteiger partial charge in [-0.2, -0.15) is 0 Å². The van der Waals surface area contributed by atoms with Crippen molar-refractivity contribution >= 4 is 65.4 Å². The molecule has 12 aromatic carbocycles. The fourth-order valence-corrected chi connectivity index (χ4v) is 16.6. The minimum Gasteiger partial charge on any atom is -0.309 e. The van der Waals surface area contributed by atoms with Crippen LogP contribution < -0.4 is 0 Å². The van der Waals surface area contributed by atoms with Crippen LogP contribution in [-0.4, -0.2) is 23.7 Å². The quantitative estimate of drug-likeness (QED) is 0.166. The Bertz CT molecular complexity index is 5590. The number of rotatable bonds is 6. The molecule has 0 saturated carbocycles. The summed E-state index contributed by atoms with van der Waals surface area (Å²) in [4.78, 5) is 11.3. The number of fused-ring (bicyclic) bond motifs is 18. The normalized spacial score (nSPS) is 14.6. The van der Waals surface area contributed by atoms with Gasteiger partial charge in [-0.3, -0.25) is 0 Å². The zero-order valence-corrected chi connectivity index (χ0v) is 51.1. The van der Waals surface area contributed by atoms with Crippen LogP contribution in [-0.2, 0) is 16.2 Å². The predicted molar refractivity (Wildman–Crippen MR) is 374 cm³/mol. The minimum atomic E-state index is -0.151. The highest BCUT2D eigenvalue weighted by atomic mass is 15.0. The summed E-state index contributed by atoms with van der Waals surface area (Å²) in [6, 6.07) is 97.2. The fraction of sp³-hybridized carbons (Fsp3) is 0.106. The van der Waals surface area contributed by atoms with E-state index in [9.17, 15) is 0 Å². The highest BCUT2D eigenvalue weighted by Gasteiger charge is 2.39. The van der Waals surface area contributed by atoms with Crippen molar-refractivity contribution < 1.29 is 0 Å². The third kappa shape index (κ3) is 6.97. The van der Waals surface area contributed by atoms with E-state index in [-0.39, 0.29) is 16.2 Å². The number of benzene rings is 12. The average molecular weight is 1150 g/mol. The molecule has 5 heteroatoms. The molecule has 5 nitrogen and oxygen atoms in total. The molecule has 4 heterocycles. The van der Waals surface area contributed by atoms with Gasteiger partial charge in [-0.25, -0.2) is 9.97 Å². The lowest BCUT2D eigenvalue weighted by Gasteiger charge is -2.21. The van der Waals surface area contributed by atoms with Crippen molar-refractivity contribution in [2.45, 2.75) is 57.8 Å². The Morgan fingerprint density at radius 2 is 0.567 bits per heavy atom. The van der Waals surface area contributed by atoms with Crippen LogP contribution in [0.5, 0.6) is 0 Å². The second-order valence-electron chi connectivity index (χ2n) is 26.9. The van der Waals surface area contributed by atoms with E-state index in [0.717, 1.165) is 50.7 Å². The first kappa shape index (κ1) is 51.2. The van der Waals surface area contributed by atoms with E-state index >= 15 is 0 Å². The maximum Gasteiger partial charge on any atom is 0.160 e. The van der Waals surface area contributed by atoms with E-state index in [2.05, 4.69) is 316 Å². The van der Waals surface area contributed by atoms with Gasteiger partial charge in [0.05, 0.1) is 44.5 Å². The van der Waals surface area contributed by atoms with E-state index in [4.69, 9.17) is 9.97 Å². The lowest BCUT2D eigenvalue weighted by Crippen LogP contribution is -2.14. The summed E-state index contributed by atoms with van der Waals surface area (Å²) in [5.41, 5.74) is 30.6. The maximum atomic E-state index is 5.65. The zero-order valence-electron chi connectivity index (χ0n) is 51.1. The number of aromatic nitrogens is 5. The summed E-state index contributed by atoms with van der Waals surface area (Å²) in [7, 11) is 0. The highest BCUT2D eigenvalue weighted by Crippen LogP contribution is 2.54. The van der Waals surface area contributed by atoms with E-state index in [1.54, 1.807) is 0 Å². The number of hydrogen-bond donors (Lipinski definition) is 0. The van der Waals surface area contributed by atoms with E-state index in [1.807, 2.05) is 0 Å². The number of nitrogens with zero attached hydrogens (tertiary/aromatic N) is 5. The molecule has 19 rings (SSSR count). The molecule has 3 aliphatic rings. The first-order valence-corrected chi connectivity index (χ1v) is 31.6. The van der Waals surface area contributed by atoms with Gasteiger partial charge in [0.1, 0.15) is 0 Å². The molecule has 16 aromatic rings. The van der Waals surface area contributed by atoms with Crippen molar-refractivity contribution in [3.63, 3.8) is 0 Å². The minimum absolute atomic E-state index is 0.121. The molecule has 0 amide bonds. The number of para-hydroxylation sites is 3. The van der Waals surface area contributed by atoms with Crippen LogP contribution in [0.4, 0.5) is 0 Å². The summed E-state index contributed by atoms with van der Waals surface area (Å²) in [5.74, 6) is 0.654. The van der Waals surface area contributed by atoms with Gasteiger partial charge in [0.15, 0.2) is 5.82 Å². The molecule has 3 aliphatic carbocycles. The summed E-state index contributed by atoms with van der Waals surface area (Å²) >= 11 is 0. The average Bonchev–Trinajstić information content (AvgIpc) is 1.57. The van der Waals surface area contributed by atoms with Crippen molar-refractivity contribution in [1.82, 2.24) is 23.7 Å². The van der Waals surface area contributed by atoms with Crippen LogP contribution >= 0.6 is 0 Å². The summed E-state index contributed by atoms with van der Waals surface area (Å²) < 4.78 is 7.37. The van der Waals surface area contributed by atoms with Gasteiger partial charge >= 0.3 is 0 Å². The van der Waals surface area contributed by atoms with Gasteiger partial charge in [-0.05, 0) is 164 Å². The molecule has 0 atom stereocenters. The van der Waals surface area contributed by atoms with Crippen LogP contribution in [0.25, 0.3) is 150 Å². The standard InChI is InChI=1S/C85H61N5/c1-83(2)70-36-15-9-30-58(70)64-46-79-67(45-71(64)83)61-33-12-18-39-78(61)88(79)55-27-21-24-52(42-55)82-86-74(50-22-19-25-53(40-50)89-76-37-16-10-31-59(76)65-43-62-56-28-7-13-34-68(56)84(3,4)72(62)47-80(65)89)49-75(87-82)51-23-20-26-54(41-51)90-77-38-17-11-32-60(77)66-44-63-57-29-8-14-35-69(57)85(5,6)73(63)48-81(66)90/h7-49H,1-6H3. The Morgan fingerprint density at radius 3 is 1.00 bits per heavy atom. The zero-order chi connectivity index (χ0) is 60.1. The van der Waals surface area contributed by atoms with Crippen molar-refractivity contribution in [3.05, 3.63) is 294 Å². The highest BCUT2D eigenvalue weighted by molar-refractivity contribution is 6.14. The Balaban J connectivity index is 0.808. The lowest BCUT2D eigenvalue weighted by atomic mass is 9.82. The van der Waals surface area contributed by atoms with Crippen LogP contribution in [0.2, 0.25) is 0 Å². The molecule has 0 fully saturated rings. The third-order valence-corrected chi connectivity index (χ3v) is 21.0. The smallest absolute Gasteiger partial charge is 0.160 e. The third-order valence-electron chi connectivity index (χ3n) is 21.0. The Hall–Kier alpha value is -10.9. The summed E-state index contributed by atoms with van der Waals surface area (Å²) in [6.45, 7) is 14.2. The van der Waals surface area contributed by atoms with E-state index < -0.39 is 0 Å². The monoisotopic (exact) mass is 1150 g/mol. The molecular formula is C85H61N5. The maximum absolute atomic E-state index is 5.65. The molecule has 0 spiro atoms. The van der Waals surface area contributed by atoms with Crippen LogP contribution in [0.1, 0.15) is 74.9 Å². The van der Waals surface area contributed by atoms with Gasteiger partial charge in [-0.1, -0.05) is 205 Å². The summed E-state index contributed by atoms with van der Waals surface area (Å²) in [5, 5.41) is 7.44. The van der Waals surface area contributed by atoms with Crippen molar-refractivity contribution in [2.75, 3.05) is 0 Å². The van der Waals surface area contributed by atoms with Crippen molar-refractivity contribution in [1.29, 1.82) is 0 Å². The van der Waals surface area contributed by atoms with Gasteiger partial charge in [0, 0.05) is 82.3 Å². The molecule has 0 saturated heterocycles. The van der Waals surface area contributed by atoms with E-state index in [1.165, 1.54) is 127 Å². The molecule has 90 heavy (non-hydrogen) atoms. The second kappa shape index (κ2) is 18.1. The lowest BCUT2D eigenvalue weighted by molar-refractivity contribution is 0.661. The number of hydrogen-bond acceptors (Lipinski definition) is 2. The van der Waals surface area contributed by atoms with Gasteiger partial charge in [0.2, 0.25) is 0 Å². The van der Waals surface area contributed by atoms with Gasteiger partial charge in [0.25, 0.3) is 0 Å². The van der Waals surface area contributed by atoms with Crippen LogP contribution in [0, 0.1) is 0 Å². The Kier molecular flexibility index (Phi) is 10.3.